The lowest BCUT2D eigenvalue weighted by atomic mass is 10.1. The van der Waals surface area contributed by atoms with Gasteiger partial charge in [-0.3, -0.25) is 9.97 Å². The first kappa shape index (κ1) is 31.4. The van der Waals surface area contributed by atoms with Gasteiger partial charge in [-0.15, -0.1) is 34.0 Å². The van der Waals surface area contributed by atoms with Gasteiger partial charge in [-0.05, 0) is 85.0 Å². The summed E-state index contributed by atoms with van der Waals surface area (Å²) in [5.74, 6) is -0.473. The van der Waals surface area contributed by atoms with Crippen LogP contribution in [0.5, 0.6) is 11.5 Å². The molecule has 0 aliphatic heterocycles. The summed E-state index contributed by atoms with van der Waals surface area (Å²) in [6, 6.07) is 17.8. The fraction of sp³-hybridized carbons (Fsp3) is 0.139. The van der Waals surface area contributed by atoms with Gasteiger partial charge in [0.05, 0.1) is 56.5 Å². The smallest absolute Gasteiger partial charge is 0.335 e. The Hall–Kier alpha value is -5.17. The molecule has 0 bridgehead atoms. The number of carboxylic acid groups (broad SMARTS) is 2. The molecule has 2 N–H and O–H groups in total. The van der Waals surface area contributed by atoms with E-state index in [9.17, 15) is 19.8 Å². The van der Waals surface area contributed by atoms with E-state index in [2.05, 4.69) is 51.5 Å². The van der Waals surface area contributed by atoms with Crippen LogP contribution in [0.25, 0.3) is 63.1 Å². The molecule has 6 aromatic heterocycles. The van der Waals surface area contributed by atoms with Gasteiger partial charge in [0.1, 0.15) is 11.5 Å². The van der Waals surface area contributed by atoms with Gasteiger partial charge in [0.2, 0.25) is 0 Å². The van der Waals surface area contributed by atoms with Gasteiger partial charge in [-0.25, -0.2) is 14.6 Å². The Morgan fingerprint density at radius 3 is 2.10 bits per heavy atom. The van der Waals surface area contributed by atoms with Crippen molar-refractivity contribution in [2.24, 2.45) is 0 Å². The van der Waals surface area contributed by atoms with Crippen LogP contribution in [0.3, 0.4) is 0 Å². The van der Waals surface area contributed by atoms with E-state index in [4.69, 9.17) is 9.47 Å². The summed E-state index contributed by atoms with van der Waals surface area (Å²) in [6.45, 7) is 5.29. The van der Waals surface area contributed by atoms with Gasteiger partial charge < -0.3 is 19.7 Å². The molecule has 0 radical (unpaired) electrons. The summed E-state index contributed by atoms with van der Waals surface area (Å²) in [4.78, 5) is 40.2. The van der Waals surface area contributed by atoms with Crippen molar-refractivity contribution in [1.29, 1.82) is 0 Å². The SMILES string of the molecule is CCCOc1c2ccsc2c(OCC)c2cc(-c3ccc(-c4ccnc(-c5cc(C(=O)O)cc(-c6cc(C(=O)O)ccn6)n5)c4)s3)sc12. The Kier molecular flexibility index (Phi) is 8.61. The Balaban J connectivity index is 1.27. The van der Waals surface area contributed by atoms with Crippen LogP contribution in [0.4, 0.5) is 0 Å². The van der Waals surface area contributed by atoms with E-state index in [-0.39, 0.29) is 22.5 Å². The molecule has 12 heteroatoms. The molecule has 0 atom stereocenters. The van der Waals surface area contributed by atoms with Crippen LogP contribution < -0.4 is 9.47 Å². The fourth-order valence-electron chi connectivity index (χ4n) is 5.36. The highest BCUT2D eigenvalue weighted by atomic mass is 32.1. The molecule has 0 aliphatic carbocycles. The number of nitrogens with zero attached hydrogens (tertiary/aromatic N) is 3. The van der Waals surface area contributed by atoms with Gasteiger partial charge in [-0.1, -0.05) is 6.92 Å². The number of benzene rings is 1. The van der Waals surface area contributed by atoms with Crippen molar-refractivity contribution in [3.63, 3.8) is 0 Å². The minimum Gasteiger partial charge on any atom is -0.492 e. The Morgan fingerprint density at radius 2 is 1.38 bits per heavy atom. The molecule has 7 rings (SSSR count). The van der Waals surface area contributed by atoms with E-state index in [0.29, 0.717) is 24.6 Å². The molecule has 48 heavy (non-hydrogen) atoms. The molecule has 0 saturated carbocycles. The van der Waals surface area contributed by atoms with Crippen molar-refractivity contribution in [3.8, 4) is 54.5 Å². The number of ether oxygens (including phenoxy) is 2. The Bertz CT molecular complexity index is 2340. The van der Waals surface area contributed by atoms with Crippen LogP contribution in [-0.4, -0.2) is 50.3 Å². The Morgan fingerprint density at radius 1 is 0.688 bits per heavy atom. The van der Waals surface area contributed by atoms with E-state index in [1.165, 1.54) is 30.5 Å². The molecule has 7 aromatic rings. The van der Waals surface area contributed by atoms with Crippen LogP contribution in [0.2, 0.25) is 0 Å². The summed E-state index contributed by atoms with van der Waals surface area (Å²) >= 11 is 4.99. The maximum atomic E-state index is 12.0. The number of aromatic nitrogens is 3. The zero-order valence-electron chi connectivity index (χ0n) is 25.7. The van der Waals surface area contributed by atoms with E-state index in [1.807, 2.05) is 19.1 Å². The predicted octanol–water partition coefficient (Wildman–Crippen LogP) is 9.61. The lowest BCUT2D eigenvalue weighted by molar-refractivity contribution is 0.0686. The second-order valence-corrected chi connectivity index (χ2v) is 13.8. The first-order valence-electron chi connectivity index (χ1n) is 15.1. The number of rotatable bonds is 11. The highest BCUT2D eigenvalue weighted by Gasteiger charge is 2.22. The number of carboxylic acids is 2. The molecule has 0 amide bonds. The lowest BCUT2D eigenvalue weighted by Gasteiger charge is -2.12. The lowest BCUT2D eigenvalue weighted by Crippen LogP contribution is -2.02. The zero-order chi connectivity index (χ0) is 33.4. The average Bonchev–Trinajstić information content (AvgIpc) is 3.88. The highest BCUT2D eigenvalue weighted by Crippen LogP contribution is 2.51. The first-order chi connectivity index (χ1) is 23.3. The van der Waals surface area contributed by atoms with Crippen molar-refractivity contribution in [1.82, 2.24) is 15.0 Å². The summed E-state index contributed by atoms with van der Waals surface area (Å²) in [7, 11) is 0. The molecular formula is C36H27N3O6S3. The second kappa shape index (κ2) is 13.1. The predicted molar refractivity (Wildman–Crippen MR) is 191 cm³/mol. The van der Waals surface area contributed by atoms with Crippen molar-refractivity contribution < 1.29 is 29.3 Å². The first-order valence-corrected chi connectivity index (χ1v) is 17.6. The largest absolute Gasteiger partial charge is 0.492 e. The molecule has 0 saturated heterocycles. The topological polar surface area (TPSA) is 132 Å². The average molecular weight is 694 g/mol. The molecule has 0 fully saturated rings. The van der Waals surface area contributed by atoms with Gasteiger partial charge in [0, 0.05) is 37.8 Å². The van der Waals surface area contributed by atoms with Crippen LogP contribution in [0.15, 0.2) is 78.4 Å². The normalized spacial score (nSPS) is 11.3. The number of thiophene rings is 3. The maximum Gasteiger partial charge on any atom is 0.335 e. The molecule has 0 aliphatic rings. The number of hydrogen-bond donors (Lipinski definition) is 2. The van der Waals surface area contributed by atoms with Gasteiger partial charge in [-0.2, -0.15) is 0 Å². The second-order valence-electron chi connectivity index (χ2n) is 10.7. The van der Waals surface area contributed by atoms with Crippen LogP contribution >= 0.6 is 34.0 Å². The summed E-state index contributed by atoms with van der Waals surface area (Å²) in [6.07, 6.45) is 3.93. The van der Waals surface area contributed by atoms with E-state index >= 15 is 0 Å². The highest BCUT2D eigenvalue weighted by molar-refractivity contribution is 7.27. The summed E-state index contributed by atoms with van der Waals surface area (Å²) in [5.41, 5.74) is 2.20. The third kappa shape index (κ3) is 5.89. The maximum absolute atomic E-state index is 12.0. The van der Waals surface area contributed by atoms with Crippen molar-refractivity contribution in [3.05, 3.63) is 89.6 Å². The number of pyridine rings is 3. The number of hydrogen-bond acceptors (Lipinski definition) is 10. The summed E-state index contributed by atoms with van der Waals surface area (Å²) < 4.78 is 14.7. The van der Waals surface area contributed by atoms with Crippen LogP contribution in [-0.2, 0) is 0 Å². The van der Waals surface area contributed by atoms with Crippen LogP contribution in [0.1, 0.15) is 41.0 Å². The minimum atomic E-state index is -1.15. The zero-order valence-corrected chi connectivity index (χ0v) is 28.2. The van der Waals surface area contributed by atoms with Gasteiger partial charge in [0.25, 0.3) is 0 Å². The monoisotopic (exact) mass is 693 g/mol. The van der Waals surface area contributed by atoms with E-state index < -0.39 is 11.9 Å². The van der Waals surface area contributed by atoms with Crippen molar-refractivity contribution >= 4 is 66.1 Å². The number of aromatic carboxylic acids is 2. The third-order valence-corrected chi connectivity index (χ3v) is 10.9. The van der Waals surface area contributed by atoms with E-state index in [1.54, 1.807) is 40.2 Å². The molecule has 9 nitrogen and oxygen atoms in total. The molecule has 240 valence electrons. The number of carbonyl (C=O) groups is 2. The van der Waals surface area contributed by atoms with E-state index in [0.717, 1.165) is 58.3 Å². The van der Waals surface area contributed by atoms with Gasteiger partial charge in [0.15, 0.2) is 0 Å². The number of fused-ring (bicyclic) bond motifs is 2. The van der Waals surface area contributed by atoms with Crippen molar-refractivity contribution in [2.75, 3.05) is 13.2 Å². The Labute approximate surface area is 286 Å². The molecule has 6 heterocycles. The molecule has 0 unspecified atom stereocenters. The molecule has 1 aromatic carbocycles. The van der Waals surface area contributed by atoms with Crippen LogP contribution in [0, 0.1) is 0 Å². The standard InChI is InChI=1S/C36H27N3O6S3/c1-3-12-45-31-22-9-13-46-33(22)32(44-4-2)23-18-30(48-34(23)31)29-6-5-28(47-29)19-7-10-37-24(14-19)26-16-21(36(42)43)17-27(39-26)25-15-20(35(40)41)8-11-38-25/h5-11,13-18H,3-4,12H2,1-2H3,(H,40,41)(H,42,43). The minimum absolute atomic E-state index is 0.0125. The van der Waals surface area contributed by atoms with Gasteiger partial charge >= 0.3 is 11.9 Å². The van der Waals surface area contributed by atoms with Crippen molar-refractivity contribution in [2.45, 2.75) is 20.3 Å². The molecular weight excluding hydrogens is 667 g/mol. The quantitative estimate of drug-likeness (QED) is 0.136. The summed E-state index contributed by atoms with van der Waals surface area (Å²) in [5, 5.41) is 23.5. The fourth-order valence-corrected chi connectivity index (χ4v) is 8.52. The third-order valence-electron chi connectivity index (χ3n) is 7.54. The molecule has 0 spiro atoms.